The van der Waals surface area contributed by atoms with Gasteiger partial charge in [0.15, 0.2) is 0 Å². The van der Waals surface area contributed by atoms with Crippen molar-refractivity contribution in [3.63, 3.8) is 0 Å². The van der Waals surface area contributed by atoms with Crippen molar-refractivity contribution in [2.45, 2.75) is 18.8 Å². The fourth-order valence-electron chi connectivity index (χ4n) is 2.51. The number of methoxy groups -OCH3 is 1. The number of fused-ring (bicyclic) bond motifs is 3. The van der Waals surface area contributed by atoms with Gasteiger partial charge in [0.2, 0.25) is 0 Å². The molecule has 1 atom stereocenters. The first-order chi connectivity index (χ1) is 8.79. The lowest BCUT2D eigenvalue weighted by atomic mass is 9.96. The van der Waals surface area contributed by atoms with Crippen molar-refractivity contribution in [1.29, 1.82) is 0 Å². The molecule has 1 aromatic carbocycles. The second-order valence-electron chi connectivity index (χ2n) is 4.46. The molecule has 2 aromatic rings. The summed E-state index contributed by atoms with van der Waals surface area (Å²) in [4.78, 5) is 11.2. The van der Waals surface area contributed by atoms with Crippen LogP contribution in [0.25, 0.3) is 17.0 Å². The Balaban J connectivity index is 1.90. The van der Waals surface area contributed by atoms with Crippen LogP contribution < -0.4 is 0 Å². The first kappa shape index (κ1) is 11.1. The van der Waals surface area contributed by atoms with Gasteiger partial charge in [-0.3, -0.25) is 4.79 Å². The number of ether oxygens (including phenoxy) is 1. The molecule has 3 heteroatoms. The highest BCUT2D eigenvalue weighted by molar-refractivity contribution is 5.87. The molecule has 0 bridgehead atoms. The smallest absolute Gasteiger partial charge is 0.305 e. The van der Waals surface area contributed by atoms with Crippen LogP contribution in [0.2, 0.25) is 0 Å². The molecule has 0 aliphatic heterocycles. The standard InChI is InChI=1S/C15H14O3/c1-17-14(16)9-7-10-6-8-13-15(10)11-4-2-3-5-12(11)18-13/h2-6,8,10H,7,9H2,1H3. The number of hydrogen-bond acceptors (Lipinski definition) is 3. The molecule has 1 heterocycles. The SMILES string of the molecule is COC(=O)CCC1C=Cc2oc3ccccc3c21. The summed E-state index contributed by atoms with van der Waals surface area (Å²) in [6.45, 7) is 0. The van der Waals surface area contributed by atoms with Gasteiger partial charge in [-0.1, -0.05) is 24.3 Å². The average molecular weight is 242 g/mol. The van der Waals surface area contributed by atoms with Crippen LogP contribution in [0.5, 0.6) is 0 Å². The van der Waals surface area contributed by atoms with Crippen molar-refractivity contribution in [3.05, 3.63) is 41.7 Å². The van der Waals surface area contributed by atoms with E-state index in [2.05, 4.69) is 16.9 Å². The zero-order valence-electron chi connectivity index (χ0n) is 10.2. The predicted octanol–water partition coefficient (Wildman–Crippen LogP) is 3.50. The highest BCUT2D eigenvalue weighted by atomic mass is 16.5. The number of allylic oxidation sites excluding steroid dienone is 1. The number of furan rings is 1. The summed E-state index contributed by atoms with van der Waals surface area (Å²) in [5.41, 5.74) is 2.12. The zero-order chi connectivity index (χ0) is 12.5. The van der Waals surface area contributed by atoms with Crippen LogP contribution in [0.3, 0.4) is 0 Å². The Morgan fingerprint density at radius 2 is 2.22 bits per heavy atom. The normalized spacial score (nSPS) is 17.1. The van der Waals surface area contributed by atoms with E-state index in [0.29, 0.717) is 6.42 Å². The van der Waals surface area contributed by atoms with Crippen LogP contribution in [-0.4, -0.2) is 13.1 Å². The summed E-state index contributed by atoms with van der Waals surface area (Å²) in [7, 11) is 1.42. The molecule has 1 aromatic heterocycles. The minimum absolute atomic E-state index is 0.162. The lowest BCUT2D eigenvalue weighted by molar-refractivity contribution is -0.140. The van der Waals surface area contributed by atoms with Crippen LogP contribution in [0.4, 0.5) is 0 Å². The molecule has 1 aliphatic carbocycles. The summed E-state index contributed by atoms with van der Waals surface area (Å²) in [6.07, 6.45) is 5.30. The molecule has 0 N–H and O–H groups in total. The van der Waals surface area contributed by atoms with E-state index in [1.54, 1.807) is 0 Å². The zero-order valence-corrected chi connectivity index (χ0v) is 10.2. The van der Waals surface area contributed by atoms with Gasteiger partial charge in [-0.15, -0.1) is 0 Å². The molecule has 0 fully saturated rings. The van der Waals surface area contributed by atoms with Gasteiger partial charge in [0.1, 0.15) is 11.3 Å². The Kier molecular flexibility index (Phi) is 2.67. The Hall–Kier alpha value is -2.03. The summed E-state index contributed by atoms with van der Waals surface area (Å²) < 4.78 is 10.5. The van der Waals surface area contributed by atoms with Crippen LogP contribution in [-0.2, 0) is 9.53 Å². The maximum Gasteiger partial charge on any atom is 0.305 e. The summed E-state index contributed by atoms with van der Waals surface area (Å²) >= 11 is 0. The Morgan fingerprint density at radius 3 is 3.06 bits per heavy atom. The van der Waals surface area contributed by atoms with Crippen LogP contribution in [0.1, 0.15) is 30.1 Å². The quantitative estimate of drug-likeness (QED) is 0.773. The molecule has 0 amide bonds. The number of benzene rings is 1. The van der Waals surface area contributed by atoms with Crippen LogP contribution in [0.15, 0.2) is 34.8 Å². The van der Waals surface area contributed by atoms with Crippen molar-refractivity contribution >= 4 is 23.0 Å². The Bertz CT molecular complexity index is 622. The third-order valence-electron chi connectivity index (χ3n) is 3.40. The number of carbonyl (C=O) groups excluding carboxylic acids is 1. The highest BCUT2D eigenvalue weighted by Gasteiger charge is 2.24. The van der Waals surface area contributed by atoms with Gasteiger partial charge in [0.05, 0.1) is 7.11 Å². The fraction of sp³-hybridized carbons (Fsp3) is 0.267. The summed E-state index contributed by atoms with van der Waals surface area (Å²) in [5.74, 6) is 1.01. The maximum absolute atomic E-state index is 11.2. The van der Waals surface area contributed by atoms with Crippen molar-refractivity contribution in [2.75, 3.05) is 7.11 Å². The molecule has 1 unspecified atom stereocenters. The maximum atomic E-state index is 11.2. The number of hydrogen-bond donors (Lipinski definition) is 0. The lowest BCUT2D eigenvalue weighted by Crippen LogP contribution is -2.02. The van der Waals surface area contributed by atoms with Crippen LogP contribution in [0, 0.1) is 0 Å². The van der Waals surface area contributed by atoms with Crippen molar-refractivity contribution in [2.24, 2.45) is 0 Å². The molecule has 0 saturated carbocycles. The molecule has 3 rings (SSSR count). The van der Waals surface area contributed by atoms with E-state index in [4.69, 9.17) is 4.42 Å². The fourth-order valence-corrected chi connectivity index (χ4v) is 2.51. The van der Waals surface area contributed by atoms with Crippen molar-refractivity contribution in [1.82, 2.24) is 0 Å². The number of carbonyl (C=O) groups is 1. The minimum Gasteiger partial charge on any atom is -0.469 e. The molecule has 0 radical (unpaired) electrons. The number of para-hydroxylation sites is 1. The van der Waals surface area contributed by atoms with Crippen molar-refractivity contribution in [3.8, 4) is 0 Å². The third kappa shape index (κ3) is 1.72. The summed E-state index contributed by atoms with van der Waals surface area (Å²) in [6, 6.07) is 8.01. The van der Waals surface area contributed by atoms with Crippen LogP contribution >= 0.6 is 0 Å². The predicted molar refractivity (Wildman–Crippen MR) is 69.2 cm³/mol. The van der Waals surface area contributed by atoms with E-state index in [1.165, 1.54) is 12.7 Å². The second-order valence-corrected chi connectivity index (χ2v) is 4.46. The summed E-state index contributed by atoms with van der Waals surface area (Å²) in [5, 5.41) is 1.15. The van der Waals surface area contributed by atoms with E-state index < -0.39 is 0 Å². The van der Waals surface area contributed by atoms with Gasteiger partial charge in [0, 0.05) is 23.3 Å². The van der Waals surface area contributed by atoms with E-state index in [9.17, 15) is 4.79 Å². The number of esters is 1. The minimum atomic E-state index is -0.162. The molecule has 0 spiro atoms. The van der Waals surface area contributed by atoms with Gasteiger partial charge in [0.25, 0.3) is 0 Å². The van der Waals surface area contributed by atoms with E-state index in [-0.39, 0.29) is 11.9 Å². The molecule has 92 valence electrons. The number of rotatable bonds is 3. The van der Waals surface area contributed by atoms with Gasteiger partial charge in [-0.2, -0.15) is 0 Å². The molecular formula is C15H14O3. The van der Waals surface area contributed by atoms with Gasteiger partial charge in [-0.25, -0.2) is 0 Å². The van der Waals surface area contributed by atoms with Gasteiger partial charge in [-0.05, 0) is 18.6 Å². The lowest BCUT2D eigenvalue weighted by Gasteiger charge is -2.07. The Morgan fingerprint density at radius 1 is 1.39 bits per heavy atom. The monoisotopic (exact) mass is 242 g/mol. The molecular weight excluding hydrogens is 228 g/mol. The third-order valence-corrected chi connectivity index (χ3v) is 3.40. The van der Waals surface area contributed by atoms with Gasteiger partial charge >= 0.3 is 5.97 Å². The molecule has 0 saturated heterocycles. The van der Waals surface area contributed by atoms with Crippen molar-refractivity contribution < 1.29 is 13.9 Å². The molecule has 18 heavy (non-hydrogen) atoms. The largest absolute Gasteiger partial charge is 0.469 e. The second kappa shape index (κ2) is 4.33. The van der Waals surface area contributed by atoms with Gasteiger partial charge < -0.3 is 9.15 Å². The topological polar surface area (TPSA) is 39.4 Å². The first-order valence-corrected chi connectivity index (χ1v) is 6.06. The van der Waals surface area contributed by atoms with E-state index in [1.807, 2.05) is 24.3 Å². The molecule has 1 aliphatic rings. The van der Waals surface area contributed by atoms with E-state index >= 15 is 0 Å². The van der Waals surface area contributed by atoms with E-state index in [0.717, 1.165) is 23.2 Å². The molecule has 3 nitrogen and oxygen atoms in total. The average Bonchev–Trinajstić information content (AvgIpc) is 2.94. The first-order valence-electron chi connectivity index (χ1n) is 6.06. The Labute approximate surface area is 105 Å². The highest BCUT2D eigenvalue weighted by Crippen LogP contribution is 2.40.